The zero-order valence-electron chi connectivity index (χ0n) is 12.0. The van der Waals surface area contributed by atoms with Crippen LogP contribution in [0.4, 0.5) is 0 Å². The highest BCUT2D eigenvalue weighted by molar-refractivity contribution is 5.67. The molecule has 0 saturated carbocycles. The van der Waals surface area contributed by atoms with Crippen molar-refractivity contribution < 1.29 is 19.8 Å². The quantitative estimate of drug-likeness (QED) is 0.622. The van der Waals surface area contributed by atoms with Crippen LogP contribution in [0.15, 0.2) is 10.2 Å². The fourth-order valence-corrected chi connectivity index (χ4v) is 1.41. The minimum atomic E-state index is -1.32. The zero-order valence-corrected chi connectivity index (χ0v) is 12.0. The summed E-state index contributed by atoms with van der Waals surface area (Å²) in [5.41, 5.74) is -2.54. The van der Waals surface area contributed by atoms with Crippen molar-refractivity contribution in [3.8, 4) is 12.1 Å². The lowest BCUT2D eigenvalue weighted by Crippen LogP contribution is -2.24. The lowest BCUT2D eigenvalue weighted by atomic mass is 9.97. The summed E-state index contributed by atoms with van der Waals surface area (Å²) in [4.78, 5) is 21.0. The van der Waals surface area contributed by atoms with Crippen molar-refractivity contribution in [3.05, 3.63) is 0 Å². The zero-order chi connectivity index (χ0) is 16.5. The summed E-state index contributed by atoms with van der Waals surface area (Å²) < 4.78 is 0. The first-order chi connectivity index (χ1) is 9.66. The molecule has 0 amide bonds. The standard InChI is InChI=1S/C13H18N4O4/c1-12(8-14,6-3-4-10(18)19)16-17-13(2,9-15)7-5-11(20)21/h3-7H2,1-2H3,(H,18,19)(H,20,21). The molecular weight excluding hydrogens is 276 g/mol. The Hall–Kier alpha value is -2.48. The number of aliphatic carboxylic acids is 2. The highest BCUT2D eigenvalue weighted by Gasteiger charge is 2.28. The van der Waals surface area contributed by atoms with Gasteiger partial charge in [-0.05, 0) is 33.1 Å². The first-order valence-electron chi connectivity index (χ1n) is 6.36. The molecule has 0 fully saturated rings. The van der Waals surface area contributed by atoms with Crippen molar-refractivity contribution in [2.45, 2.75) is 57.0 Å². The molecule has 114 valence electrons. The van der Waals surface area contributed by atoms with Gasteiger partial charge < -0.3 is 10.2 Å². The van der Waals surface area contributed by atoms with Gasteiger partial charge in [0, 0.05) is 12.8 Å². The van der Waals surface area contributed by atoms with E-state index in [1.807, 2.05) is 12.1 Å². The molecule has 2 unspecified atom stereocenters. The van der Waals surface area contributed by atoms with E-state index in [1.54, 1.807) is 0 Å². The number of rotatable bonds is 9. The van der Waals surface area contributed by atoms with Crippen LogP contribution in [-0.4, -0.2) is 33.2 Å². The van der Waals surface area contributed by atoms with Crippen LogP contribution in [0.3, 0.4) is 0 Å². The molecule has 2 atom stereocenters. The molecule has 0 bridgehead atoms. The number of azo groups is 1. The molecule has 0 saturated heterocycles. The Morgan fingerprint density at radius 2 is 1.38 bits per heavy atom. The molecule has 0 spiro atoms. The third-order valence-corrected chi connectivity index (χ3v) is 2.85. The molecule has 21 heavy (non-hydrogen) atoms. The second-order valence-corrected chi connectivity index (χ2v) is 5.11. The summed E-state index contributed by atoms with van der Waals surface area (Å²) in [5.74, 6) is -2.01. The van der Waals surface area contributed by atoms with E-state index in [0.717, 1.165) is 0 Å². The third kappa shape index (κ3) is 7.63. The third-order valence-electron chi connectivity index (χ3n) is 2.85. The van der Waals surface area contributed by atoms with Crippen LogP contribution in [0.2, 0.25) is 0 Å². The van der Waals surface area contributed by atoms with Crippen molar-refractivity contribution in [2.24, 2.45) is 10.2 Å². The summed E-state index contributed by atoms with van der Waals surface area (Å²) in [6, 6.07) is 3.81. The van der Waals surface area contributed by atoms with Crippen LogP contribution >= 0.6 is 0 Å². The molecule has 0 heterocycles. The van der Waals surface area contributed by atoms with Crippen molar-refractivity contribution in [3.63, 3.8) is 0 Å². The van der Waals surface area contributed by atoms with Gasteiger partial charge in [0.25, 0.3) is 0 Å². The van der Waals surface area contributed by atoms with Gasteiger partial charge in [0.1, 0.15) is 0 Å². The summed E-state index contributed by atoms with van der Waals surface area (Å²) in [6.45, 7) is 2.93. The number of hydrogen-bond acceptors (Lipinski definition) is 6. The number of nitriles is 2. The molecule has 0 aliphatic rings. The lowest BCUT2D eigenvalue weighted by molar-refractivity contribution is -0.138. The highest BCUT2D eigenvalue weighted by Crippen LogP contribution is 2.23. The van der Waals surface area contributed by atoms with E-state index < -0.39 is 23.0 Å². The van der Waals surface area contributed by atoms with E-state index in [-0.39, 0.29) is 32.1 Å². The summed E-state index contributed by atoms with van der Waals surface area (Å²) >= 11 is 0. The van der Waals surface area contributed by atoms with Crippen LogP contribution in [0, 0.1) is 22.7 Å². The Morgan fingerprint density at radius 1 is 0.952 bits per heavy atom. The maximum absolute atomic E-state index is 10.5. The molecule has 2 N–H and O–H groups in total. The van der Waals surface area contributed by atoms with Crippen molar-refractivity contribution >= 4 is 11.9 Å². The maximum atomic E-state index is 10.5. The summed E-state index contributed by atoms with van der Waals surface area (Å²) in [7, 11) is 0. The minimum absolute atomic E-state index is 0.0149. The first-order valence-corrected chi connectivity index (χ1v) is 6.36. The predicted molar refractivity (Wildman–Crippen MR) is 71.2 cm³/mol. The number of carboxylic acid groups (broad SMARTS) is 2. The first kappa shape index (κ1) is 18.5. The van der Waals surface area contributed by atoms with E-state index in [4.69, 9.17) is 20.7 Å². The fourth-order valence-electron chi connectivity index (χ4n) is 1.41. The highest BCUT2D eigenvalue weighted by atomic mass is 16.4. The fraction of sp³-hybridized carbons (Fsp3) is 0.692. The van der Waals surface area contributed by atoms with Gasteiger partial charge in [-0.15, -0.1) is 0 Å². The Morgan fingerprint density at radius 3 is 1.76 bits per heavy atom. The average Bonchev–Trinajstić information content (AvgIpc) is 2.42. The van der Waals surface area contributed by atoms with Gasteiger partial charge in [-0.3, -0.25) is 9.59 Å². The second-order valence-electron chi connectivity index (χ2n) is 5.11. The summed E-state index contributed by atoms with van der Waals surface area (Å²) in [6.07, 6.45) is 0.127. The van der Waals surface area contributed by atoms with E-state index in [2.05, 4.69) is 10.2 Å². The van der Waals surface area contributed by atoms with Crippen LogP contribution in [-0.2, 0) is 9.59 Å². The van der Waals surface area contributed by atoms with Crippen LogP contribution in [0.1, 0.15) is 46.0 Å². The molecular formula is C13H18N4O4. The second kappa shape index (κ2) is 7.95. The van der Waals surface area contributed by atoms with Crippen LogP contribution in [0.5, 0.6) is 0 Å². The number of nitrogens with zero attached hydrogens (tertiary/aromatic N) is 4. The minimum Gasteiger partial charge on any atom is -0.481 e. The van der Waals surface area contributed by atoms with Crippen molar-refractivity contribution in [1.82, 2.24) is 0 Å². The van der Waals surface area contributed by atoms with E-state index in [9.17, 15) is 9.59 Å². The Labute approximate surface area is 122 Å². The molecule has 0 rings (SSSR count). The SMILES string of the molecule is CC(C#N)(CCCC(=O)O)N=NC(C)(C#N)CCC(=O)O. The largest absolute Gasteiger partial charge is 0.481 e. The smallest absolute Gasteiger partial charge is 0.303 e. The van der Waals surface area contributed by atoms with Gasteiger partial charge in [0.2, 0.25) is 0 Å². The van der Waals surface area contributed by atoms with E-state index in [1.165, 1.54) is 13.8 Å². The van der Waals surface area contributed by atoms with Gasteiger partial charge in [0.15, 0.2) is 11.1 Å². The summed E-state index contributed by atoms with van der Waals surface area (Å²) in [5, 5.41) is 43.0. The predicted octanol–water partition coefficient (Wildman–Crippen LogP) is 2.12. The lowest BCUT2D eigenvalue weighted by Gasteiger charge is -2.18. The number of carbonyl (C=O) groups is 2. The molecule has 0 aromatic rings. The molecule has 0 aliphatic carbocycles. The van der Waals surface area contributed by atoms with E-state index >= 15 is 0 Å². The van der Waals surface area contributed by atoms with Crippen LogP contribution in [0.25, 0.3) is 0 Å². The monoisotopic (exact) mass is 294 g/mol. The average molecular weight is 294 g/mol. The van der Waals surface area contributed by atoms with Gasteiger partial charge in [0.05, 0.1) is 12.1 Å². The number of hydrogen-bond donors (Lipinski definition) is 2. The van der Waals surface area contributed by atoms with Gasteiger partial charge >= 0.3 is 11.9 Å². The van der Waals surface area contributed by atoms with Gasteiger partial charge in [-0.1, -0.05) is 0 Å². The topological polar surface area (TPSA) is 147 Å². The molecule has 8 heteroatoms. The van der Waals surface area contributed by atoms with Gasteiger partial charge in [-0.2, -0.15) is 20.8 Å². The molecule has 0 aromatic heterocycles. The van der Waals surface area contributed by atoms with Crippen molar-refractivity contribution in [1.29, 1.82) is 10.5 Å². The molecule has 0 aromatic carbocycles. The number of carboxylic acids is 2. The maximum Gasteiger partial charge on any atom is 0.303 e. The Kier molecular flexibility index (Phi) is 7.01. The Balaban J connectivity index is 4.83. The van der Waals surface area contributed by atoms with Gasteiger partial charge in [-0.25, -0.2) is 0 Å². The normalized spacial score (nSPS) is 16.4. The van der Waals surface area contributed by atoms with E-state index in [0.29, 0.717) is 0 Å². The van der Waals surface area contributed by atoms with Crippen molar-refractivity contribution in [2.75, 3.05) is 0 Å². The molecule has 8 nitrogen and oxygen atoms in total. The van der Waals surface area contributed by atoms with Crippen LogP contribution < -0.4 is 0 Å². The Bertz CT molecular complexity index is 505. The molecule has 0 aliphatic heterocycles. The molecule has 0 radical (unpaired) electrons.